The minimum absolute atomic E-state index is 0.183. The number of ether oxygens (including phenoxy) is 2. The third-order valence-corrected chi connectivity index (χ3v) is 6.90. The van der Waals surface area contributed by atoms with Crippen LogP contribution in [0.25, 0.3) is 5.52 Å². The lowest BCUT2D eigenvalue weighted by atomic mass is 10.1. The number of aromatic nitrogens is 4. The largest absolute Gasteiger partial charge is 0.478 e. The molecule has 1 saturated heterocycles. The first kappa shape index (κ1) is 21.6. The van der Waals surface area contributed by atoms with Gasteiger partial charge in [0.05, 0.1) is 18.3 Å². The van der Waals surface area contributed by atoms with E-state index in [0.717, 1.165) is 54.9 Å². The average Bonchev–Trinajstić information content (AvgIpc) is 3.31. The SMILES string of the molecule is COc1nn2nc(C)cc2cc1N1c2nccc(N3CCNC4(CC4)C3)c2CC1OC(=O)C(N)=O. The smallest absolute Gasteiger partial charge is 0.398 e. The van der Waals surface area contributed by atoms with Crippen molar-refractivity contribution in [3.63, 3.8) is 0 Å². The molecule has 1 unspecified atom stereocenters. The van der Waals surface area contributed by atoms with E-state index < -0.39 is 18.1 Å². The summed E-state index contributed by atoms with van der Waals surface area (Å²) in [5, 5.41) is 12.5. The number of anilines is 3. The van der Waals surface area contributed by atoms with Crippen molar-refractivity contribution in [2.45, 2.75) is 38.0 Å². The monoisotopic (exact) mass is 478 g/mol. The predicted molar refractivity (Wildman–Crippen MR) is 126 cm³/mol. The van der Waals surface area contributed by atoms with Crippen LogP contribution in [0.3, 0.4) is 0 Å². The number of nitrogens with two attached hydrogens (primary N) is 1. The molecule has 3 aromatic heterocycles. The van der Waals surface area contributed by atoms with Crippen LogP contribution in [0.4, 0.5) is 17.2 Å². The van der Waals surface area contributed by atoms with Gasteiger partial charge in [0, 0.05) is 49.0 Å². The van der Waals surface area contributed by atoms with Gasteiger partial charge in [0.2, 0.25) is 0 Å². The highest BCUT2D eigenvalue weighted by atomic mass is 16.6. The molecule has 0 aromatic carbocycles. The summed E-state index contributed by atoms with van der Waals surface area (Å²) in [6.45, 7) is 4.53. The van der Waals surface area contributed by atoms with Crippen LogP contribution in [0.1, 0.15) is 24.1 Å². The van der Waals surface area contributed by atoms with Gasteiger partial charge in [-0.3, -0.25) is 9.69 Å². The van der Waals surface area contributed by atoms with E-state index in [0.29, 0.717) is 17.9 Å². The van der Waals surface area contributed by atoms with E-state index in [1.807, 2.05) is 25.1 Å². The van der Waals surface area contributed by atoms with Crippen molar-refractivity contribution in [1.82, 2.24) is 25.1 Å². The zero-order valence-electron chi connectivity index (χ0n) is 19.5. The highest BCUT2D eigenvalue weighted by Crippen LogP contribution is 2.46. The Labute approximate surface area is 201 Å². The number of nitrogens with one attached hydrogen (secondary N) is 1. The number of fused-ring (bicyclic) bond motifs is 2. The van der Waals surface area contributed by atoms with E-state index in [-0.39, 0.29) is 11.4 Å². The molecule has 3 N–H and O–H groups in total. The molecule has 0 bridgehead atoms. The number of nitrogens with zero attached hydrogens (tertiary/aromatic N) is 6. The summed E-state index contributed by atoms with van der Waals surface area (Å²) in [5.74, 6) is -1.37. The van der Waals surface area contributed by atoms with Crippen LogP contribution in [0.5, 0.6) is 5.88 Å². The lowest BCUT2D eigenvalue weighted by Crippen LogP contribution is -2.52. The number of rotatable bonds is 4. The van der Waals surface area contributed by atoms with E-state index in [1.54, 1.807) is 11.1 Å². The maximum absolute atomic E-state index is 12.3. The number of hydrogen-bond donors (Lipinski definition) is 2. The van der Waals surface area contributed by atoms with Crippen LogP contribution in [-0.2, 0) is 20.7 Å². The summed E-state index contributed by atoms with van der Waals surface area (Å²) in [4.78, 5) is 32.6. The Bertz CT molecular complexity index is 1350. The molecule has 3 aliphatic rings. The molecule has 1 aliphatic carbocycles. The van der Waals surface area contributed by atoms with Crippen molar-refractivity contribution in [3.8, 4) is 5.88 Å². The van der Waals surface area contributed by atoms with Gasteiger partial charge in [-0.15, -0.1) is 9.73 Å². The average molecular weight is 479 g/mol. The summed E-state index contributed by atoms with van der Waals surface area (Å²) < 4.78 is 12.6. The van der Waals surface area contributed by atoms with Crippen LogP contribution in [-0.4, -0.2) is 70.2 Å². The van der Waals surface area contributed by atoms with Crippen LogP contribution in [0.15, 0.2) is 24.4 Å². The molecule has 1 atom stereocenters. The van der Waals surface area contributed by atoms with Crippen LogP contribution < -0.4 is 25.6 Å². The zero-order chi connectivity index (χ0) is 24.3. The molecular formula is C23H26N8O4. The summed E-state index contributed by atoms with van der Waals surface area (Å²) >= 11 is 0. The quantitative estimate of drug-likeness (QED) is 0.401. The Morgan fingerprint density at radius 2 is 2.06 bits per heavy atom. The van der Waals surface area contributed by atoms with E-state index in [2.05, 4.69) is 25.4 Å². The van der Waals surface area contributed by atoms with Gasteiger partial charge in [-0.25, -0.2) is 9.78 Å². The summed E-state index contributed by atoms with van der Waals surface area (Å²) in [5.41, 5.74) is 9.44. The molecule has 3 aromatic rings. The summed E-state index contributed by atoms with van der Waals surface area (Å²) in [7, 11) is 1.51. The minimum atomic E-state index is -1.15. The molecule has 2 fully saturated rings. The fraction of sp³-hybridized carbons (Fsp3) is 0.435. The van der Waals surface area contributed by atoms with Crippen molar-refractivity contribution < 1.29 is 19.1 Å². The molecule has 12 nitrogen and oxygen atoms in total. The fourth-order valence-electron chi connectivity index (χ4n) is 5.11. The van der Waals surface area contributed by atoms with Gasteiger partial charge >= 0.3 is 11.9 Å². The Morgan fingerprint density at radius 3 is 2.80 bits per heavy atom. The van der Waals surface area contributed by atoms with Gasteiger partial charge in [0.1, 0.15) is 11.5 Å². The van der Waals surface area contributed by atoms with Crippen molar-refractivity contribution in [3.05, 3.63) is 35.7 Å². The number of amides is 1. The fourth-order valence-corrected chi connectivity index (χ4v) is 5.11. The van der Waals surface area contributed by atoms with Crippen LogP contribution >= 0.6 is 0 Å². The van der Waals surface area contributed by atoms with Crippen LogP contribution in [0.2, 0.25) is 0 Å². The third kappa shape index (κ3) is 3.60. The Morgan fingerprint density at radius 1 is 1.23 bits per heavy atom. The molecule has 12 heteroatoms. The van der Waals surface area contributed by atoms with E-state index in [4.69, 9.17) is 15.2 Å². The topological polar surface area (TPSA) is 140 Å². The van der Waals surface area contributed by atoms with Crippen molar-refractivity contribution in [1.29, 1.82) is 0 Å². The van der Waals surface area contributed by atoms with E-state index in [1.165, 1.54) is 11.7 Å². The molecule has 6 rings (SSSR count). The number of aryl methyl sites for hydroxylation is 1. The molecule has 35 heavy (non-hydrogen) atoms. The van der Waals surface area contributed by atoms with Crippen molar-refractivity contribution >= 4 is 34.6 Å². The lowest BCUT2D eigenvalue weighted by Gasteiger charge is -2.36. The summed E-state index contributed by atoms with van der Waals surface area (Å²) in [6, 6.07) is 5.73. The van der Waals surface area contributed by atoms with Crippen LogP contribution in [0, 0.1) is 6.92 Å². The number of methoxy groups -OCH3 is 1. The first-order valence-corrected chi connectivity index (χ1v) is 11.6. The normalized spacial score (nSPS) is 20.2. The van der Waals surface area contributed by atoms with Gasteiger partial charge < -0.3 is 25.4 Å². The number of carbonyl (C=O) groups is 2. The molecule has 5 heterocycles. The molecule has 2 aliphatic heterocycles. The molecular weight excluding hydrogens is 452 g/mol. The second kappa shape index (κ2) is 7.80. The maximum Gasteiger partial charge on any atom is 0.398 e. The lowest BCUT2D eigenvalue weighted by molar-refractivity contribution is -0.157. The second-order valence-electron chi connectivity index (χ2n) is 9.30. The standard InChI is InChI=1S/C23H26N8O4/c1-13-9-14-10-17(21(34-2)28-31(14)27-13)30-18(35-22(33)19(24)32)11-15-16(3-6-25-20(15)30)29-8-7-26-23(12-29)4-5-23/h3,6,9-10,18,26H,4-5,7-8,11-12H2,1-2H3,(H2,24,32). The van der Waals surface area contributed by atoms with Gasteiger partial charge in [-0.05, 0) is 38.0 Å². The van der Waals surface area contributed by atoms with Crippen molar-refractivity contribution in [2.24, 2.45) is 5.73 Å². The molecule has 1 saturated carbocycles. The second-order valence-corrected chi connectivity index (χ2v) is 9.30. The Balaban J connectivity index is 1.47. The number of carbonyl (C=O) groups excluding carboxylic acids is 2. The van der Waals surface area contributed by atoms with Gasteiger partial charge in [0.15, 0.2) is 6.23 Å². The first-order valence-electron chi connectivity index (χ1n) is 11.6. The van der Waals surface area contributed by atoms with Gasteiger partial charge in [0.25, 0.3) is 5.88 Å². The first-order chi connectivity index (χ1) is 16.9. The number of piperazine rings is 1. The Kier molecular flexibility index (Phi) is 4.81. The molecule has 1 amide bonds. The highest BCUT2D eigenvalue weighted by molar-refractivity contribution is 6.31. The highest BCUT2D eigenvalue weighted by Gasteiger charge is 2.47. The molecule has 1 spiro atoms. The predicted octanol–water partition coefficient (Wildman–Crippen LogP) is 0.432. The Hall–Kier alpha value is -3.93. The number of pyridine rings is 1. The van der Waals surface area contributed by atoms with Gasteiger partial charge in [-0.2, -0.15) is 5.10 Å². The number of hydrogen-bond acceptors (Lipinski definition) is 10. The maximum atomic E-state index is 12.3. The minimum Gasteiger partial charge on any atom is -0.478 e. The number of esters is 1. The van der Waals surface area contributed by atoms with E-state index >= 15 is 0 Å². The van der Waals surface area contributed by atoms with E-state index in [9.17, 15) is 9.59 Å². The zero-order valence-corrected chi connectivity index (χ0v) is 19.5. The molecule has 0 radical (unpaired) electrons. The summed E-state index contributed by atoms with van der Waals surface area (Å²) in [6.07, 6.45) is 3.56. The van der Waals surface area contributed by atoms with Crippen molar-refractivity contribution in [2.75, 3.05) is 36.5 Å². The van der Waals surface area contributed by atoms with Gasteiger partial charge in [-0.1, -0.05) is 0 Å². The molecule has 182 valence electrons. The third-order valence-electron chi connectivity index (χ3n) is 6.90. The number of primary amides is 1.